The molecule has 0 spiro atoms. The van der Waals surface area contributed by atoms with Gasteiger partial charge in [-0.15, -0.1) is 0 Å². The van der Waals surface area contributed by atoms with Crippen molar-refractivity contribution in [1.29, 1.82) is 0 Å². The second-order valence-corrected chi connectivity index (χ2v) is 6.64. The van der Waals surface area contributed by atoms with Crippen molar-refractivity contribution in [3.05, 3.63) is 57.1 Å². The normalized spacial score (nSPS) is 11.1. The van der Waals surface area contributed by atoms with Crippen molar-refractivity contribution in [2.45, 2.75) is 4.90 Å². The Balaban J connectivity index is 2.35. The van der Waals surface area contributed by atoms with Crippen LogP contribution in [0.4, 0.5) is 17.1 Å². The summed E-state index contributed by atoms with van der Waals surface area (Å²) >= 11 is 3.10. The predicted octanol–water partition coefficient (Wildman–Crippen LogP) is 2.74. The Morgan fingerprint density at radius 2 is 1.90 bits per heavy atom. The summed E-state index contributed by atoms with van der Waals surface area (Å²) < 4.78 is 27.0. The van der Waals surface area contributed by atoms with Gasteiger partial charge in [-0.05, 0) is 40.2 Å². The molecule has 2 aromatic carbocycles. The fourth-order valence-corrected chi connectivity index (χ4v) is 3.32. The maximum Gasteiger partial charge on any atom is 0.270 e. The van der Waals surface area contributed by atoms with Gasteiger partial charge in [-0.2, -0.15) is 0 Å². The van der Waals surface area contributed by atoms with Gasteiger partial charge in [0.15, 0.2) is 0 Å². The van der Waals surface area contributed by atoms with E-state index in [-0.39, 0.29) is 20.7 Å². The first kappa shape index (κ1) is 15.3. The number of halogens is 1. The fourth-order valence-electron chi connectivity index (χ4n) is 1.59. The van der Waals surface area contributed by atoms with Gasteiger partial charge in [0.2, 0.25) is 0 Å². The Kier molecular flexibility index (Phi) is 4.14. The Morgan fingerprint density at radius 3 is 2.48 bits per heavy atom. The van der Waals surface area contributed by atoms with Crippen LogP contribution < -0.4 is 10.5 Å². The largest absolute Gasteiger partial charge is 0.399 e. The molecule has 7 nitrogen and oxygen atoms in total. The molecule has 0 saturated carbocycles. The zero-order valence-corrected chi connectivity index (χ0v) is 12.9. The molecular weight excluding hydrogens is 362 g/mol. The Bertz CT molecular complexity index is 808. The van der Waals surface area contributed by atoms with Crippen LogP contribution in [0.5, 0.6) is 0 Å². The quantitative estimate of drug-likeness (QED) is 0.486. The van der Waals surface area contributed by atoms with Crippen molar-refractivity contribution in [1.82, 2.24) is 0 Å². The summed E-state index contributed by atoms with van der Waals surface area (Å²) in [5.74, 6) is 0. The molecule has 0 aliphatic carbocycles. The number of nitrogens with two attached hydrogens (primary N) is 1. The molecular formula is C12H10BrN3O4S. The van der Waals surface area contributed by atoms with Gasteiger partial charge in [0.05, 0.1) is 15.5 Å². The number of nitro benzene ring substituents is 1. The van der Waals surface area contributed by atoms with Crippen LogP contribution in [0.3, 0.4) is 0 Å². The zero-order chi connectivity index (χ0) is 15.6. The Labute approximate surface area is 129 Å². The molecule has 0 fully saturated rings. The van der Waals surface area contributed by atoms with E-state index in [1.165, 1.54) is 36.4 Å². The maximum absolute atomic E-state index is 12.2. The first-order valence-electron chi connectivity index (χ1n) is 5.62. The van der Waals surface area contributed by atoms with E-state index >= 15 is 0 Å². The van der Waals surface area contributed by atoms with Crippen molar-refractivity contribution in [3.8, 4) is 0 Å². The average Bonchev–Trinajstić information content (AvgIpc) is 2.40. The third kappa shape index (κ3) is 3.50. The van der Waals surface area contributed by atoms with E-state index in [2.05, 4.69) is 20.7 Å². The minimum absolute atomic E-state index is 0.00718. The smallest absolute Gasteiger partial charge is 0.270 e. The summed E-state index contributed by atoms with van der Waals surface area (Å²) in [6.45, 7) is 0. The molecule has 3 N–H and O–H groups in total. The summed E-state index contributed by atoms with van der Waals surface area (Å²) in [7, 11) is -3.82. The molecule has 2 aromatic rings. The highest BCUT2D eigenvalue weighted by atomic mass is 79.9. The molecule has 0 bridgehead atoms. The molecule has 0 amide bonds. The molecule has 0 atom stereocenters. The third-order valence-electron chi connectivity index (χ3n) is 2.58. The number of nitrogen functional groups attached to an aromatic ring is 1. The van der Waals surface area contributed by atoms with Crippen LogP contribution in [-0.2, 0) is 10.0 Å². The number of hydrogen-bond donors (Lipinski definition) is 2. The number of hydrogen-bond acceptors (Lipinski definition) is 5. The minimum atomic E-state index is -3.82. The van der Waals surface area contributed by atoms with Gasteiger partial charge in [0, 0.05) is 22.3 Å². The number of anilines is 2. The van der Waals surface area contributed by atoms with Crippen molar-refractivity contribution in [2.24, 2.45) is 0 Å². The zero-order valence-electron chi connectivity index (χ0n) is 10.5. The number of nitro groups is 1. The molecule has 0 aromatic heterocycles. The van der Waals surface area contributed by atoms with Gasteiger partial charge in [0.1, 0.15) is 0 Å². The molecule has 0 aliphatic heterocycles. The van der Waals surface area contributed by atoms with E-state index in [9.17, 15) is 18.5 Å². The van der Waals surface area contributed by atoms with Crippen LogP contribution in [0, 0.1) is 10.1 Å². The second-order valence-electron chi connectivity index (χ2n) is 4.10. The topological polar surface area (TPSA) is 115 Å². The summed E-state index contributed by atoms with van der Waals surface area (Å²) in [4.78, 5) is 10.1. The summed E-state index contributed by atoms with van der Waals surface area (Å²) in [5, 5.41) is 10.6. The van der Waals surface area contributed by atoms with Gasteiger partial charge in [-0.25, -0.2) is 8.42 Å². The first-order valence-corrected chi connectivity index (χ1v) is 7.89. The van der Waals surface area contributed by atoms with Crippen LogP contribution in [-0.4, -0.2) is 13.3 Å². The summed E-state index contributed by atoms with van der Waals surface area (Å²) in [6.07, 6.45) is 0. The van der Waals surface area contributed by atoms with Gasteiger partial charge in [-0.1, -0.05) is 6.07 Å². The van der Waals surface area contributed by atoms with Crippen molar-refractivity contribution < 1.29 is 13.3 Å². The lowest BCUT2D eigenvalue weighted by molar-refractivity contribution is -0.384. The van der Waals surface area contributed by atoms with E-state index in [0.717, 1.165) is 0 Å². The molecule has 0 aliphatic rings. The van der Waals surface area contributed by atoms with Crippen molar-refractivity contribution >= 4 is 43.0 Å². The molecule has 0 radical (unpaired) electrons. The van der Waals surface area contributed by atoms with Crippen molar-refractivity contribution in [2.75, 3.05) is 10.5 Å². The third-order valence-corrected chi connectivity index (χ3v) is 4.60. The molecule has 0 unspecified atom stereocenters. The Hall–Kier alpha value is -2.13. The van der Waals surface area contributed by atoms with Crippen molar-refractivity contribution in [3.63, 3.8) is 0 Å². The molecule has 110 valence electrons. The van der Waals surface area contributed by atoms with Gasteiger partial charge < -0.3 is 5.73 Å². The lowest BCUT2D eigenvalue weighted by atomic mass is 10.3. The average molecular weight is 372 g/mol. The molecule has 21 heavy (non-hydrogen) atoms. The number of nitrogens with one attached hydrogen (secondary N) is 1. The number of rotatable bonds is 4. The van der Waals surface area contributed by atoms with E-state index in [4.69, 9.17) is 5.73 Å². The monoisotopic (exact) mass is 371 g/mol. The molecule has 9 heteroatoms. The fraction of sp³-hybridized carbons (Fsp3) is 0. The number of non-ortho nitro benzene ring substituents is 1. The minimum Gasteiger partial charge on any atom is -0.399 e. The number of sulfonamides is 1. The van der Waals surface area contributed by atoms with E-state index < -0.39 is 14.9 Å². The van der Waals surface area contributed by atoms with E-state index in [0.29, 0.717) is 5.69 Å². The van der Waals surface area contributed by atoms with Gasteiger partial charge in [-0.3, -0.25) is 14.8 Å². The van der Waals surface area contributed by atoms with Gasteiger partial charge >= 0.3 is 0 Å². The number of benzene rings is 2. The van der Waals surface area contributed by atoms with Crippen LogP contribution in [0.2, 0.25) is 0 Å². The van der Waals surface area contributed by atoms with Crippen LogP contribution >= 0.6 is 15.9 Å². The lowest BCUT2D eigenvalue weighted by Gasteiger charge is -2.10. The highest BCUT2D eigenvalue weighted by molar-refractivity contribution is 9.10. The van der Waals surface area contributed by atoms with Crippen LogP contribution in [0.15, 0.2) is 51.8 Å². The molecule has 0 heterocycles. The maximum atomic E-state index is 12.2. The van der Waals surface area contributed by atoms with Gasteiger partial charge in [0.25, 0.3) is 15.7 Å². The molecule has 2 rings (SSSR count). The Morgan fingerprint density at radius 1 is 1.19 bits per heavy atom. The predicted molar refractivity (Wildman–Crippen MR) is 82.5 cm³/mol. The first-order chi connectivity index (χ1) is 9.79. The second kappa shape index (κ2) is 5.70. The van der Waals surface area contributed by atoms with E-state index in [1.54, 1.807) is 6.07 Å². The van der Waals surface area contributed by atoms with E-state index in [1.807, 2.05) is 0 Å². The highest BCUT2D eigenvalue weighted by Crippen LogP contribution is 2.29. The lowest BCUT2D eigenvalue weighted by Crippen LogP contribution is -2.13. The molecule has 0 saturated heterocycles. The standard InChI is InChI=1S/C12H10BrN3O4S/c13-11-7-9(16(17)18)4-5-12(11)15-21(19,20)10-3-1-2-8(14)6-10/h1-7,15H,14H2. The van der Waals surface area contributed by atoms with Crippen LogP contribution in [0.25, 0.3) is 0 Å². The van der Waals surface area contributed by atoms with Crippen LogP contribution in [0.1, 0.15) is 0 Å². The highest BCUT2D eigenvalue weighted by Gasteiger charge is 2.17. The number of nitrogens with zero attached hydrogens (tertiary/aromatic N) is 1. The summed E-state index contributed by atoms with van der Waals surface area (Å²) in [5.41, 5.74) is 5.93. The SMILES string of the molecule is Nc1cccc(S(=O)(=O)Nc2ccc([N+](=O)[O-])cc2Br)c1. The summed E-state index contributed by atoms with van der Waals surface area (Å²) in [6, 6.07) is 9.56.